The highest BCUT2D eigenvalue weighted by Gasteiger charge is 2.03. The zero-order chi connectivity index (χ0) is 8.27. The van der Waals surface area contributed by atoms with Gasteiger partial charge in [-0.2, -0.15) is 0 Å². The summed E-state index contributed by atoms with van der Waals surface area (Å²) < 4.78 is 4.67. The lowest BCUT2D eigenvalue weighted by Crippen LogP contribution is -2.15. The molecule has 0 aliphatic rings. The Morgan fingerprint density at radius 1 is 1.55 bits per heavy atom. The van der Waals surface area contributed by atoms with E-state index >= 15 is 0 Å². The fourth-order valence-corrected chi connectivity index (χ4v) is 0.733. The third kappa shape index (κ3) is 2.18. The van der Waals surface area contributed by atoms with Crippen molar-refractivity contribution in [3.8, 4) is 0 Å². The van der Waals surface area contributed by atoms with Crippen LogP contribution >= 0.6 is 0 Å². The van der Waals surface area contributed by atoms with Gasteiger partial charge in [-0.25, -0.2) is 0 Å². The van der Waals surface area contributed by atoms with Crippen LogP contribution in [0.1, 0.15) is 5.56 Å². The molecule has 0 aromatic carbocycles. The van der Waals surface area contributed by atoms with Crippen LogP contribution in [0.3, 0.4) is 0 Å². The van der Waals surface area contributed by atoms with E-state index in [0.717, 1.165) is 0 Å². The Labute approximate surface area is 62.7 Å². The van der Waals surface area contributed by atoms with E-state index in [0.29, 0.717) is 0 Å². The van der Waals surface area contributed by atoms with Gasteiger partial charge in [0.05, 0.1) is 12.5 Å². The van der Waals surface area contributed by atoms with Gasteiger partial charge in [-0.3, -0.25) is 4.79 Å². The number of hydrogen-bond donors (Lipinski definition) is 2. The van der Waals surface area contributed by atoms with Gasteiger partial charge in [0.1, 0.15) is 0 Å². The van der Waals surface area contributed by atoms with Crippen molar-refractivity contribution in [3.05, 3.63) is 34.4 Å². The normalized spacial score (nSPS) is 10.5. The van der Waals surface area contributed by atoms with Gasteiger partial charge in [0.15, 0.2) is 11.7 Å². The summed E-state index contributed by atoms with van der Waals surface area (Å²) in [4.78, 5) is 10.9. The van der Waals surface area contributed by atoms with Crippen molar-refractivity contribution in [1.29, 1.82) is 0 Å². The van der Waals surface area contributed by atoms with Crippen LogP contribution in [0.2, 0.25) is 0 Å². The molecular weight excluding hydrogens is 148 g/mol. The number of aliphatic hydroxyl groups is 2. The molecule has 0 amide bonds. The van der Waals surface area contributed by atoms with E-state index < -0.39 is 6.29 Å². The summed E-state index contributed by atoms with van der Waals surface area (Å²) in [6, 6.07) is 1.23. The van der Waals surface area contributed by atoms with Crippen molar-refractivity contribution < 1.29 is 14.6 Å². The van der Waals surface area contributed by atoms with Gasteiger partial charge in [0, 0.05) is 18.1 Å². The second-order valence-electron chi connectivity index (χ2n) is 2.13. The average molecular weight is 156 g/mol. The molecule has 1 heterocycles. The topological polar surface area (TPSA) is 70.7 Å². The Bertz CT molecular complexity index is 276. The maximum Gasteiger partial charge on any atom is 0.188 e. The molecule has 4 heteroatoms. The van der Waals surface area contributed by atoms with Crippen LogP contribution in [0.25, 0.3) is 0 Å². The van der Waals surface area contributed by atoms with Gasteiger partial charge < -0.3 is 14.6 Å². The molecule has 0 spiro atoms. The Balaban J connectivity index is 2.87. The van der Waals surface area contributed by atoms with Crippen molar-refractivity contribution in [2.75, 3.05) is 0 Å². The molecule has 0 radical (unpaired) electrons. The summed E-state index contributed by atoms with van der Waals surface area (Å²) >= 11 is 0. The molecule has 0 unspecified atom stereocenters. The molecule has 0 fully saturated rings. The second-order valence-corrected chi connectivity index (χ2v) is 2.13. The Morgan fingerprint density at radius 2 is 2.27 bits per heavy atom. The molecule has 0 atom stereocenters. The van der Waals surface area contributed by atoms with Crippen LogP contribution in [0, 0.1) is 0 Å². The molecule has 1 aromatic rings. The van der Waals surface area contributed by atoms with Gasteiger partial charge in [-0.15, -0.1) is 0 Å². The van der Waals surface area contributed by atoms with E-state index in [-0.39, 0.29) is 17.4 Å². The summed E-state index contributed by atoms with van der Waals surface area (Å²) in [5, 5.41) is 17.0. The quantitative estimate of drug-likeness (QED) is 0.566. The zero-order valence-electron chi connectivity index (χ0n) is 5.73. The first-order valence-corrected chi connectivity index (χ1v) is 3.11. The van der Waals surface area contributed by atoms with E-state index in [4.69, 9.17) is 10.2 Å². The fraction of sp³-hybridized carbons (Fsp3) is 0.286. The third-order valence-corrected chi connectivity index (χ3v) is 1.23. The highest BCUT2D eigenvalue weighted by Crippen LogP contribution is 1.94. The van der Waals surface area contributed by atoms with Gasteiger partial charge in [-0.05, 0) is 0 Å². The molecule has 0 saturated carbocycles. The summed E-state index contributed by atoms with van der Waals surface area (Å²) in [7, 11) is 0. The molecule has 2 N–H and O–H groups in total. The Hall–Kier alpha value is -1.13. The summed E-state index contributed by atoms with van der Waals surface area (Å²) in [5.41, 5.74) is 0.0202. The fourth-order valence-electron chi connectivity index (χ4n) is 0.733. The minimum absolute atomic E-state index is 0.0941. The minimum Gasteiger partial charge on any atom is -0.472 e. The lowest BCUT2D eigenvalue weighted by atomic mass is 10.2. The van der Waals surface area contributed by atoms with Crippen LogP contribution in [-0.2, 0) is 6.42 Å². The van der Waals surface area contributed by atoms with E-state index in [1.807, 2.05) is 0 Å². The predicted molar refractivity (Wildman–Crippen MR) is 36.9 cm³/mol. The number of rotatable bonds is 2. The first kappa shape index (κ1) is 7.97. The highest BCUT2D eigenvalue weighted by atomic mass is 16.5. The van der Waals surface area contributed by atoms with Crippen molar-refractivity contribution in [2.24, 2.45) is 0 Å². The molecule has 4 nitrogen and oxygen atoms in total. The molecule has 1 aromatic heterocycles. The smallest absolute Gasteiger partial charge is 0.188 e. The highest BCUT2D eigenvalue weighted by molar-refractivity contribution is 5.07. The monoisotopic (exact) mass is 156 g/mol. The zero-order valence-corrected chi connectivity index (χ0v) is 5.73. The minimum atomic E-state index is -1.50. The van der Waals surface area contributed by atoms with Gasteiger partial charge in [-0.1, -0.05) is 0 Å². The molecule has 11 heavy (non-hydrogen) atoms. The van der Waals surface area contributed by atoms with Gasteiger partial charge >= 0.3 is 0 Å². The maximum atomic E-state index is 10.9. The standard InChI is InChI=1S/C7H8O4/c8-6-1-2-11-4-5(6)3-7(9)10/h1-2,4,7,9-10H,3H2. The average Bonchev–Trinajstić information content (AvgIpc) is 1.93. The first-order chi connectivity index (χ1) is 5.20. The molecule has 0 bridgehead atoms. The van der Waals surface area contributed by atoms with E-state index in [2.05, 4.69) is 4.42 Å². The largest absolute Gasteiger partial charge is 0.472 e. The molecule has 60 valence electrons. The lowest BCUT2D eigenvalue weighted by Gasteiger charge is -1.99. The number of aliphatic hydroxyl groups excluding tert-OH is 1. The SMILES string of the molecule is O=c1ccocc1CC(O)O. The van der Waals surface area contributed by atoms with E-state index in [9.17, 15) is 4.79 Å². The molecule has 0 aliphatic carbocycles. The van der Waals surface area contributed by atoms with Crippen LogP contribution in [-0.4, -0.2) is 16.5 Å². The second kappa shape index (κ2) is 3.32. The van der Waals surface area contributed by atoms with Crippen molar-refractivity contribution in [1.82, 2.24) is 0 Å². The molecule has 0 saturated heterocycles. The predicted octanol–water partition coefficient (Wildman–Crippen LogP) is -0.507. The van der Waals surface area contributed by atoms with Crippen molar-refractivity contribution in [3.63, 3.8) is 0 Å². The van der Waals surface area contributed by atoms with Gasteiger partial charge in [0.25, 0.3) is 0 Å². The first-order valence-electron chi connectivity index (χ1n) is 3.11. The van der Waals surface area contributed by atoms with Crippen molar-refractivity contribution in [2.45, 2.75) is 12.7 Å². The molecule has 1 rings (SSSR count). The van der Waals surface area contributed by atoms with E-state index in [1.54, 1.807) is 0 Å². The third-order valence-electron chi connectivity index (χ3n) is 1.23. The van der Waals surface area contributed by atoms with E-state index in [1.165, 1.54) is 18.6 Å². The molecular formula is C7H8O4. The summed E-state index contributed by atoms with van der Waals surface area (Å²) in [6.07, 6.45) is 0.862. The van der Waals surface area contributed by atoms with Crippen LogP contribution in [0.5, 0.6) is 0 Å². The summed E-state index contributed by atoms with van der Waals surface area (Å²) in [6.45, 7) is 0. The van der Waals surface area contributed by atoms with Gasteiger partial charge in [0.2, 0.25) is 0 Å². The Morgan fingerprint density at radius 3 is 2.82 bits per heavy atom. The van der Waals surface area contributed by atoms with Crippen LogP contribution in [0.15, 0.2) is 27.8 Å². The van der Waals surface area contributed by atoms with Crippen LogP contribution in [0.4, 0.5) is 0 Å². The maximum absolute atomic E-state index is 10.9. The Kier molecular flexibility index (Phi) is 2.40. The lowest BCUT2D eigenvalue weighted by molar-refractivity contribution is -0.0385. The van der Waals surface area contributed by atoms with Crippen molar-refractivity contribution >= 4 is 0 Å². The molecule has 0 aliphatic heterocycles. The number of hydrogen-bond acceptors (Lipinski definition) is 4. The summed E-state index contributed by atoms with van der Waals surface area (Å²) in [5.74, 6) is 0. The van der Waals surface area contributed by atoms with Crippen LogP contribution < -0.4 is 5.43 Å².